The van der Waals surface area contributed by atoms with Crippen molar-refractivity contribution in [2.75, 3.05) is 39.9 Å². The fourth-order valence-electron chi connectivity index (χ4n) is 1.12. The SMILES string of the molecule is CCOCCN(C)CCNC(C)CC. The Morgan fingerprint density at radius 3 is 2.57 bits per heavy atom. The highest BCUT2D eigenvalue weighted by atomic mass is 16.5. The van der Waals surface area contributed by atoms with Gasteiger partial charge < -0.3 is 15.0 Å². The third-order valence-electron chi connectivity index (χ3n) is 2.42. The third-order valence-corrected chi connectivity index (χ3v) is 2.42. The molecule has 0 aliphatic rings. The van der Waals surface area contributed by atoms with Gasteiger partial charge in [-0.1, -0.05) is 6.92 Å². The maximum atomic E-state index is 5.29. The highest BCUT2D eigenvalue weighted by Gasteiger charge is 1.99. The minimum absolute atomic E-state index is 0.635. The van der Waals surface area contributed by atoms with Gasteiger partial charge in [0.2, 0.25) is 0 Å². The van der Waals surface area contributed by atoms with Crippen LogP contribution in [-0.4, -0.2) is 50.8 Å². The first-order valence-electron chi connectivity index (χ1n) is 5.70. The molecule has 0 amide bonds. The molecular weight excluding hydrogens is 176 g/mol. The molecule has 0 aliphatic heterocycles. The van der Waals surface area contributed by atoms with Crippen molar-refractivity contribution >= 4 is 0 Å². The average Bonchev–Trinajstić information content (AvgIpc) is 2.18. The van der Waals surface area contributed by atoms with Gasteiger partial charge in [-0.3, -0.25) is 0 Å². The molecule has 1 unspecified atom stereocenters. The van der Waals surface area contributed by atoms with Crippen LogP contribution in [0.4, 0.5) is 0 Å². The van der Waals surface area contributed by atoms with Gasteiger partial charge in [0.1, 0.15) is 0 Å². The second-order valence-electron chi connectivity index (χ2n) is 3.76. The van der Waals surface area contributed by atoms with E-state index in [4.69, 9.17) is 4.74 Å². The van der Waals surface area contributed by atoms with Gasteiger partial charge in [0.05, 0.1) is 6.61 Å². The first-order valence-corrected chi connectivity index (χ1v) is 5.70. The van der Waals surface area contributed by atoms with Crippen LogP contribution in [0.15, 0.2) is 0 Å². The first-order chi connectivity index (χ1) is 6.70. The fourth-order valence-corrected chi connectivity index (χ4v) is 1.12. The minimum atomic E-state index is 0.635. The van der Waals surface area contributed by atoms with Crippen LogP contribution < -0.4 is 5.32 Å². The molecule has 1 atom stereocenters. The zero-order valence-corrected chi connectivity index (χ0v) is 10.2. The summed E-state index contributed by atoms with van der Waals surface area (Å²) in [7, 11) is 2.14. The minimum Gasteiger partial charge on any atom is -0.380 e. The lowest BCUT2D eigenvalue weighted by molar-refractivity contribution is 0.122. The summed E-state index contributed by atoms with van der Waals surface area (Å²) in [6.45, 7) is 11.3. The Bertz CT molecular complexity index is 120. The summed E-state index contributed by atoms with van der Waals surface area (Å²) in [5, 5.41) is 3.47. The van der Waals surface area contributed by atoms with Crippen LogP contribution in [-0.2, 0) is 4.74 Å². The summed E-state index contributed by atoms with van der Waals surface area (Å²) in [5.74, 6) is 0. The van der Waals surface area contributed by atoms with Crippen LogP contribution in [0.1, 0.15) is 27.2 Å². The Hall–Kier alpha value is -0.120. The Morgan fingerprint density at radius 2 is 2.00 bits per heavy atom. The highest BCUT2D eigenvalue weighted by Crippen LogP contribution is 1.87. The number of nitrogens with zero attached hydrogens (tertiary/aromatic N) is 1. The van der Waals surface area contributed by atoms with E-state index in [0.29, 0.717) is 6.04 Å². The van der Waals surface area contributed by atoms with Crippen molar-refractivity contribution in [2.24, 2.45) is 0 Å². The van der Waals surface area contributed by atoms with Gasteiger partial charge in [0, 0.05) is 32.3 Å². The average molecular weight is 202 g/mol. The zero-order valence-electron chi connectivity index (χ0n) is 10.2. The molecule has 0 saturated carbocycles. The molecule has 0 spiro atoms. The quantitative estimate of drug-likeness (QED) is 0.571. The lowest BCUT2D eigenvalue weighted by Gasteiger charge is -2.18. The normalized spacial score (nSPS) is 13.5. The number of hydrogen-bond acceptors (Lipinski definition) is 3. The first kappa shape index (κ1) is 13.9. The maximum absolute atomic E-state index is 5.29. The van der Waals surface area contributed by atoms with E-state index in [9.17, 15) is 0 Å². The van der Waals surface area contributed by atoms with E-state index in [1.165, 1.54) is 6.42 Å². The largest absolute Gasteiger partial charge is 0.380 e. The van der Waals surface area contributed by atoms with Crippen molar-refractivity contribution in [1.82, 2.24) is 10.2 Å². The molecule has 14 heavy (non-hydrogen) atoms. The van der Waals surface area contributed by atoms with Gasteiger partial charge in [-0.25, -0.2) is 0 Å². The summed E-state index contributed by atoms with van der Waals surface area (Å²) < 4.78 is 5.29. The molecule has 0 rings (SSSR count). The lowest BCUT2D eigenvalue weighted by Crippen LogP contribution is -2.35. The van der Waals surface area contributed by atoms with Gasteiger partial charge in [-0.2, -0.15) is 0 Å². The maximum Gasteiger partial charge on any atom is 0.0593 e. The predicted octanol–water partition coefficient (Wildman–Crippen LogP) is 1.34. The summed E-state index contributed by atoms with van der Waals surface area (Å²) in [6, 6.07) is 0.635. The summed E-state index contributed by atoms with van der Waals surface area (Å²) in [4.78, 5) is 2.30. The van der Waals surface area contributed by atoms with Gasteiger partial charge in [-0.15, -0.1) is 0 Å². The Kier molecular flexibility index (Phi) is 9.35. The smallest absolute Gasteiger partial charge is 0.0593 e. The molecular formula is C11H26N2O. The number of hydrogen-bond donors (Lipinski definition) is 1. The van der Waals surface area contributed by atoms with Crippen molar-refractivity contribution < 1.29 is 4.74 Å². The van der Waals surface area contributed by atoms with E-state index >= 15 is 0 Å². The standard InChI is InChI=1S/C11H26N2O/c1-5-11(3)12-7-8-13(4)9-10-14-6-2/h11-12H,5-10H2,1-4H3. The number of rotatable bonds is 9. The molecule has 3 nitrogen and oxygen atoms in total. The Labute approximate surface area is 88.8 Å². The van der Waals surface area contributed by atoms with Crippen LogP contribution >= 0.6 is 0 Å². The van der Waals surface area contributed by atoms with E-state index in [0.717, 1.165) is 32.8 Å². The van der Waals surface area contributed by atoms with Crippen LogP contribution in [0.25, 0.3) is 0 Å². The Balaban J connectivity index is 3.21. The van der Waals surface area contributed by atoms with Crippen molar-refractivity contribution in [3.05, 3.63) is 0 Å². The van der Waals surface area contributed by atoms with Crippen molar-refractivity contribution in [2.45, 2.75) is 33.2 Å². The van der Waals surface area contributed by atoms with E-state index in [1.54, 1.807) is 0 Å². The van der Waals surface area contributed by atoms with Gasteiger partial charge in [0.15, 0.2) is 0 Å². The molecule has 0 fully saturated rings. The molecule has 0 aliphatic carbocycles. The van der Waals surface area contributed by atoms with E-state index in [2.05, 4.69) is 31.1 Å². The molecule has 0 heterocycles. The molecule has 0 bridgehead atoms. The number of ether oxygens (including phenoxy) is 1. The predicted molar refractivity (Wildman–Crippen MR) is 61.7 cm³/mol. The van der Waals surface area contributed by atoms with Gasteiger partial charge >= 0.3 is 0 Å². The number of likely N-dealkylation sites (N-methyl/N-ethyl adjacent to an activating group) is 1. The summed E-state index contributed by atoms with van der Waals surface area (Å²) in [6.07, 6.45) is 1.20. The molecule has 0 aromatic rings. The lowest BCUT2D eigenvalue weighted by atomic mass is 10.2. The van der Waals surface area contributed by atoms with Crippen LogP contribution in [0, 0.1) is 0 Å². The molecule has 86 valence electrons. The fraction of sp³-hybridized carbons (Fsp3) is 1.00. The third kappa shape index (κ3) is 8.48. The molecule has 1 N–H and O–H groups in total. The summed E-state index contributed by atoms with van der Waals surface area (Å²) >= 11 is 0. The molecule has 3 heteroatoms. The summed E-state index contributed by atoms with van der Waals surface area (Å²) in [5.41, 5.74) is 0. The molecule has 0 aromatic heterocycles. The molecule has 0 saturated heterocycles. The monoisotopic (exact) mass is 202 g/mol. The van der Waals surface area contributed by atoms with Crippen LogP contribution in [0.2, 0.25) is 0 Å². The van der Waals surface area contributed by atoms with Crippen molar-refractivity contribution in [3.63, 3.8) is 0 Å². The van der Waals surface area contributed by atoms with Crippen LogP contribution in [0.5, 0.6) is 0 Å². The number of nitrogens with one attached hydrogen (secondary N) is 1. The van der Waals surface area contributed by atoms with E-state index in [1.807, 2.05) is 6.92 Å². The van der Waals surface area contributed by atoms with Gasteiger partial charge in [0.25, 0.3) is 0 Å². The van der Waals surface area contributed by atoms with E-state index < -0.39 is 0 Å². The molecule has 0 aromatic carbocycles. The Morgan fingerprint density at radius 1 is 1.29 bits per heavy atom. The van der Waals surface area contributed by atoms with Crippen molar-refractivity contribution in [3.8, 4) is 0 Å². The highest BCUT2D eigenvalue weighted by molar-refractivity contribution is 4.60. The molecule has 0 radical (unpaired) electrons. The van der Waals surface area contributed by atoms with Crippen LogP contribution in [0.3, 0.4) is 0 Å². The van der Waals surface area contributed by atoms with Gasteiger partial charge in [-0.05, 0) is 27.3 Å². The van der Waals surface area contributed by atoms with Crippen molar-refractivity contribution in [1.29, 1.82) is 0 Å². The second-order valence-corrected chi connectivity index (χ2v) is 3.76. The second kappa shape index (κ2) is 9.44. The zero-order chi connectivity index (χ0) is 10.8. The topological polar surface area (TPSA) is 24.5 Å². The van der Waals surface area contributed by atoms with E-state index in [-0.39, 0.29) is 0 Å².